The first kappa shape index (κ1) is 36.6. The van der Waals surface area contributed by atoms with Crippen LogP contribution in [0.25, 0.3) is 0 Å². The molecule has 0 amide bonds. The molecule has 2 aromatic rings. The lowest BCUT2D eigenvalue weighted by molar-refractivity contribution is 0.0894. The number of rotatable bonds is 28. The average molecular weight is 593 g/mol. The van der Waals surface area contributed by atoms with E-state index in [4.69, 9.17) is 9.47 Å². The van der Waals surface area contributed by atoms with Crippen LogP contribution in [0.4, 0.5) is 0 Å². The molecule has 0 aliphatic heterocycles. The Morgan fingerprint density at radius 1 is 0.419 bits per heavy atom. The Balaban J connectivity index is 1.55. The summed E-state index contributed by atoms with van der Waals surface area (Å²) >= 11 is 0. The van der Waals surface area contributed by atoms with Crippen molar-refractivity contribution in [3.63, 3.8) is 0 Å². The molecule has 240 valence electrons. The Bertz CT molecular complexity index is 884. The molecule has 0 spiro atoms. The third-order valence-corrected chi connectivity index (χ3v) is 8.21. The summed E-state index contributed by atoms with van der Waals surface area (Å²) in [7, 11) is 0. The lowest BCUT2D eigenvalue weighted by Crippen LogP contribution is -2.09. The van der Waals surface area contributed by atoms with Crippen LogP contribution in [-0.4, -0.2) is 24.8 Å². The van der Waals surface area contributed by atoms with E-state index in [0.29, 0.717) is 24.3 Å². The van der Waals surface area contributed by atoms with Crippen LogP contribution in [0.3, 0.4) is 0 Å². The third kappa shape index (κ3) is 17.9. The van der Waals surface area contributed by atoms with Crippen molar-refractivity contribution in [1.29, 1.82) is 0 Å². The fraction of sp³-hybridized carbons (Fsp3) is 0.641. The van der Waals surface area contributed by atoms with Crippen LogP contribution in [0.5, 0.6) is 11.5 Å². The van der Waals surface area contributed by atoms with Gasteiger partial charge in [-0.05, 0) is 61.4 Å². The number of carbonyl (C=O) groups excluding carboxylic acids is 2. The molecule has 0 N–H and O–H groups in total. The molecule has 0 saturated heterocycles. The lowest BCUT2D eigenvalue weighted by atomic mass is 10.0. The van der Waals surface area contributed by atoms with Gasteiger partial charge in [0.15, 0.2) is 11.6 Å². The summed E-state index contributed by atoms with van der Waals surface area (Å²) in [5, 5.41) is 0. The normalized spacial score (nSPS) is 11.0. The van der Waals surface area contributed by atoms with Crippen molar-refractivity contribution in [1.82, 2.24) is 0 Å². The van der Waals surface area contributed by atoms with E-state index in [1.807, 2.05) is 24.3 Å². The van der Waals surface area contributed by atoms with Gasteiger partial charge in [-0.2, -0.15) is 0 Å². The second kappa shape index (κ2) is 24.8. The highest BCUT2D eigenvalue weighted by Crippen LogP contribution is 2.18. The molecule has 4 heteroatoms. The van der Waals surface area contributed by atoms with Crippen molar-refractivity contribution in [2.24, 2.45) is 0 Å². The Morgan fingerprint density at radius 3 is 1.00 bits per heavy atom. The Kier molecular flexibility index (Phi) is 21.1. The quantitative estimate of drug-likeness (QED) is 0.0560. The van der Waals surface area contributed by atoms with Crippen molar-refractivity contribution in [3.05, 3.63) is 59.7 Å². The van der Waals surface area contributed by atoms with E-state index in [0.717, 1.165) is 24.3 Å². The largest absolute Gasteiger partial charge is 0.494 e. The minimum atomic E-state index is -0.174. The van der Waals surface area contributed by atoms with Gasteiger partial charge in [0.2, 0.25) is 0 Å². The van der Waals surface area contributed by atoms with E-state index < -0.39 is 0 Å². The first-order valence-electron chi connectivity index (χ1n) is 17.7. The zero-order valence-electron chi connectivity index (χ0n) is 27.5. The highest BCUT2D eigenvalue weighted by molar-refractivity contribution is 6.13. The maximum absolute atomic E-state index is 12.7. The van der Waals surface area contributed by atoms with Gasteiger partial charge in [-0.15, -0.1) is 0 Å². The highest BCUT2D eigenvalue weighted by Gasteiger charge is 2.14. The number of carbonyl (C=O) groups is 2. The van der Waals surface area contributed by atoms with Crippen LogP contribution < -0.4 is 9.47 Å². The Hall–Kier alpha value is -2.62. The monoisotopic (exact) mass is 592 g/mol. The van der Waals surface area contributed by atoms with Crippen molar-refractivity contribution in [2.45, 2.75) is 149 Å². The standard InChI is InChI=1S/C39H60O4/c1-3-5-7-9-11-13-15-17-19-21-31-42-36-27-23-34(24-28-36)38(40)33-39(41)35-25-29-37(30-26-35)43-32-22-20-18-16-14-12-10-8-6-4-2/h23-30H,3-22,31-33H2,1-2H3. The second-order valence-corrected chi connectivity index (χ2v) is 12.1. The van der Waals surface area contributed by atoms with Crippen LogP contribution in [0.2, 0.25) is 0 Å². The molecule has 0 radical (unpaired) electrons. The number of unbranched alkanes of at least 4 members (excludes halogenated alkanes) is 18. The van der Waals surface area contributed by atoms with E-state index in [-0.39, 0.29) is 18.0 Å². The molecular formula is C39H60O4. The maximum atomic E-state index is 12.7. The van der Waals surface area contributed by atoms with Gasteiger partial charge in [-0.1, -0.05) is 129 Å². The maximum Gasteiger partial charge on any atom is 0.170 e. The number of hydrogen-bond donors (Lipinski definition) is 0. The third-order valence-electron chi connectivity index (χ3n) is 8.21. The summed E-state index contributed by atoms with van der Waals surface area (Å²) in [6.07, 6.45) is 25.8. The number of benzene rings is 2. The molecule has 2 rings (SSSR count). The smallest absolute Gasteiger partial charge is 0.170 e. The van der Waals surface area contributed by atoms with Crippen molar-refractivity contribution in [3.8, 4) is 11.5 Å². The molecular weight excluding hydrogens is 532 g/mol. The molecule has 43 heavy (non-hydrogen) atoms. The summed E-state index contributed by atoms with van der Waals surface area (Å²) < 4.78 is 11.7. The van der Waals surface area contributed by atoms with Gasteiger partial charge >= 0.3 is 0 Å². The molecule has 0 atom stereocenters. The summed E-state index contributed by atoms with van der Waals surface area (Å²) in [6.45, 7) is 5.91. The van der Waals surface area contributed by atoms with Gasteiger partial charge in [-0.25, -0.2) is 0 Å². The zero-order chi connectivity index (χ0) is 30.8. The molecule has 0 unspecified atom stereocenters. The Labute approximate surface area is 263 Å². The topological polar surface area (TPSA) is 52.6 Å². The molecule has 0 aliphatic carbocycles. The molecule has 4 nitrogen and oxygen atoms in total. The lowest BCUT2D eigenvalue weighted by Gasteiger charge is -2.08. The molecule has 2 aromatic carbocycles. The van der Waals surface area contributed by atoms with E-state index in [9.17, 15) is 9.59 Å². The fourth-order valence-corrected chi connectivity index (χ4v) is 5.38. The van der Waals surface area contributed by atoms with Crippen LogP contribution >= 0.6 is 0 Å². The van der Waals surface area contributed by atoms with Crippen LogP contribution in [0.1, 0.15) is 169 Å². The van der Waals surface area contributed by atoms with Crippen molar-refractivity contribution in [2.75, 3.05) is 13.2 Å². The minimum Gasteiger partial charge on any atom is -0.494 e. The average Bonchev–Trinajstić information content (AvgIpc) is 3.03. The number of hydrogen-bond acceptors (Lipinski definition) is 4. The minimum absolute atomic E-state index is 0.141. The van der Waals surface area contributed by atoms with Crippen molar-refractivity contribution >= 4 is 11.6 Å². The van der Waals surface area contributed by atoms with E-state index in [2.05, 4.69) is 13.8 Å². The number of ketones is 2. The van der Waals surface area contributed by atoms with Crippen LogP contribution in [0, 0.1) is 0 Å². The molecule has 0 aromatic heterocycles. The van der Waals surface area contributed by atoms with Crippen LogP contribution in [-0.2, 0) is 0 Å². The zero-order valence-corrected chi connectivity index (χ0v) is 27.5. The van der Waals surface area contributed by atoms with E-state index in [1.165, 1.54) is 116 Å². The summed E-state index contributed by atoms with van der Waals surface area (Å²) in [5.41, 5.74) is 1.08. The summed E-state index contributed by atoms with van der Waals surface area (Å²) in [4.78, 5) is 25.4. The SMILES string of the molecule is CCCCCCCCCCCCOc1ccc(C(=O)CC(=O)c2ccc(OCCCCCCCCCCCC)cc2)cc1. The highest BCUT2D eigenvalue weighted by atomic mass is 16.5. The predicted molar refractivity (Wildman–Crippen MR) is 181 cm³/mol. The first-order chi connectivity index (χ1) is 21.1. The van der Waals surface area contributed by atoms with Gasteiger partial charge < -0.3 is 9.47 Å². The molecule has 0 heterocycles. The number of Topliss-reactive ketones (excluding diaryl/α,β-unsaturated/α-hetero) is 2. The first-order valence-corrected chi connectivity index (χ1v) is 17.7. The van der Waals surface area contributed by atoms with Crippen molar-refractivity contribution < 1.29 is 19.1 Å². The van der Waals surface area contributed by atoms with Gasteiger partial charge in [0.1, 0.15) is 11.5 Å². The summed E-state index contributed by atoms with van der Waals surface area (Å²) in [5.74, 6) is 1.19. The van der Waals surface area contributed by atoms with Gasteiger partial charge in [-0.3, -0.25) is 9.59 Å². The second-order valence-electron chi connectivity index (χ2n) is 12.1. The van der Waals surface area contributed by atoms with Crippen LogP contribution in [0.15, 0.2) is 48.5 Å². The molecule has 0 aliphatic rings. The van der Waals surface area contributed by atoms with Gasteiger partial charge in [0.05, 0.1) is 19.6 Å². The van der Waals surface area contributed by atoms with E-state index >= 15 is 0 Å². The van der Waals surface area contributed by atoms with Gasteiger partial charge in [0.25, 0.3) is 0 Å². The molecule has 0 bridgehead atoms. The van der Waals surface area contributed by atoms with Gasteiger partial charge in [0, 0.05) is 11.1 Å². The van der Waals surface area contributed by atoms with E-state index in [1.54, 1.807) is 24.3 Å². The molecule has 0 saturated carbocycles. The molecule has 0 fully saturated rings. The fourth-order valence-electron chi connectivity index (χ4n) is 5.38. The predicted octanol–water partition coefficient (Wildman–Crippen LogP) is 11.7. The number of ether oxygens (including phenoxy) is 2. The Morgan fingerprint density at radius 2 is 0.698 bits per heavy atom. The summed E-state index contributed by atoms with van der Waals surface area (Å²) in [6, 6.07) is 14.3.